The van der Waals surface area contributed by atoms with Crippen molar-refractivity contribution in [2.24, 2.45) is 29.6 Å². The summed E-state index contributed by atoms with van der Waals surface area (Å²) in [6.45, 7) is 2.50. The number of allylic oxidation sites excluding steroid dienone is 2. The van der Waals surface area contributed by atoms with E-state index in [1.54, 1.807) is 0 Å². The number of aliphatic carboxylic acids is 1. The Morgan fingerprint density at radius 3 is 2.78 bits per heavy atom. The van der Waals surface area contributed by atoms with E-state index in [-0.39, 0.29) is 6.42 Å². The minimum atomic E-state index is -0.683. The minimum absolute atomic E-state index is 0.287. The molecule has 1 fully saturated rings. The Morgan fingerprint density at radius 1 is 1.33 bits per heavy atom. The van der Waals surface area contributed by atoms with E-state index < -0.39 is 5.97 Å². The van der Waals surface area contributed by atoms with Gasteiger partial charge in [0, 0.05) is 13.0 Å². The van der Waals surface area contributed by atoms with Crippen LogP contribution in [-0.2, 0) is 4.79 Å². The van der Waals surface area contributed by atoms with Gasteiger partial charge in [-0.2, -0.15) is 0 Å². The Morgan fingerprint density at radius 2 is 2.11 bits per heavy atom. The molecule has 2 N–H and O–H groups in total. The molecule has 1 saturated carbocycles. The first kappa shape index (κ1) is 13.6. The highest BCUT2D eigenvalue weighted by atomic mass is 16.4. The summed E-state index contributed by atoms with van der Waals surface area (Å²) in [6.07, 6.45) is 8.98. The molecule has 0 radical (unpaired) electrons. The zero-order valence-corrected chi connectivity index (χ0v) is 11.1. The van der Waals surface area contributed by atoms with Crippen molar-refractivity contribution in [1.82, 2.24) is 0 Å². The van der Waals surface area contributed by atoms with Crippen LogP contribution in [0, 0.1) is 29.6 Å². The second-order valence-electron chi connectivity index (χ2n) is 6.03. The lowest BCUT2D eigenvalue weighted by Crippen LogP contribution is -2.36. The van der Waals surface area contributed by atoms with Crippen LogP contribution in [0.5, 0.6) is 0 Å². The topological polar surface area (TPSA) is 57.5 Å². The first-order valence-electron chi connectivity index (χ1n) is 7.12. The number of hydrogen-bond acceptors (Lipinski definition) is 2. The summed E-state index contributed by atoms with van der Waals surface area (Å²) in [4.78, 5) is 10.8. The average molecular weight is 252 g/mol. The van der Waals surface area contributed by atoms with Crippen molar-refractivity contribution in [2.75, 3.05) is 6.61 Å². The van der Waals surface area contributed by atoms with Gasteiger partial charge in [-0.15, -0.1) is 0 Å². The Bertz CT molecular complexity index is 324. The summed E-state index contributed by atoms with van der Waals surface area (Å²) in [5.74, 6) is 1.96. The molecule has 102 valence electrons. The van der Waals surface area contributed by atoms with Crippen LogP contribution in [0.2, 0.25) is 0 Å². The Labute approximate surface area is 109 Å². The molecule has 0 aromatic carbocycles. The minimum Gasteiger partial charge on any atom is -0.481 e. The lowest BCUT2D eigenvalue weighted by atomic mass is 9.62. The molecule has 3 heteroatoms. The number of rotatable bonds is 4. The number of hydrogen-bond donors (Lipinski definition) is 2. The van der Waals surface area contributed by atoms with Crippen LogP contribution >= 0.6 is 0 Å². The van der Waals surface area contributed by atoms with E-state index in [1.807, 2.05) is 0 Å². The van der Waals surface area contributed by atoms with Gasteiger partial charge in [0.05, 0.1) is 0 Å². The molecule has 0 heterocycles. The van der Waals surface area contributed by atoms with Crippen LogP contribution in [0.25, 0.3) is 0 Å². The molecular weight excluding hydrogens is 228 g/mol. The van der Waals surface area contributed by atoms with Gasteiger partial charge in [0.1, 0.15) is 0 Å². The Balaban J connectivity index is 2.02. The maximum Gasteiger partial charge on any atom is 0.303 e. The van der Waals surface area contributed by atoms with Crippen LogP contribution in [-0.4, -0.2) is 22.8 Å². The number of carboxylic acid groups (broad SMARTS) is 1. The number of carboxylic acids is 1. The normalized spacial score (nSPS) is 39.3. The predicted octanol–water partition coefficient (Wildman–Crippen LogP) is 2.70. The summed E-state index contributed by atoms with van der Waals surface area (Å²) in [5.41, 5.74) is 0. The van der Waals surface area contributed by atoms with Crippen molar-refractivity contribution in [3.8, 4) is 0 Å². The van der Waals surface area contributed by atoms with E-state index in [0.717, 1.165) is 25.7 Å². The first-order chi connectivity index (χ1) is 8.61. The zero-order valence-electron chi connectivity index (χ0n) is 11.1. The fourth-order valence-corrected chi connectivity index (χ4v) is 3.86. The maximum absolute atomic E-state index is 10.8. The molecule has 5 unspecified atom stereocenters. The third kappa shape index (κ3) is 2.94. The molecular formula is C15H24O3. The molecule has 2 aliphatic carbocycles. The predicted molar refractivity (Wildman–Crippen MR) is 70.1 cm³/mol. The second kappa shape index (κ2) is 5.87. The van der Waals surface area contributed by atoms with Gasteiger partial charge in [-0.1, -0.05) is 19.1 Å². The van der Waals surface area contributed by atoms with E-state index in [9.17, 15) is 9.90 Å². The summed E-state index contributed by atoms with van der Waals surface area (Å²) < 4.78 is 0. The van der Waals surface area contributed by atoms with Crippen LogP contribution in [0.3, 0.4) is 0 Å². The Hall–Kier alpha value is -0.830. The SMILES string of the molecule is CC1C=CC2CC(CO)CCC2C1CCC(=O)O. The molecule has 18 heavy (non-hydrogen) atoms. The van der Waals surface area contributed by atoms with Crippen LogP contribution in [0.4, 0.5) is 0 Å². The summed E-state index contributed by atoms with van der Waals surface area (Å²) >= 11 is 0. The zero-order chi connectivity index (χ0) is 13.1. The quantitative estimate of drug-likeness (QED) is 0.756. The molecule has 2 rings (SSSR count). The standard InChI is InChI=1S/C15H24O3/c1-10-2-4-12-8-11(9-16)3-5-14(12)13(10)6-7-15(17)18/h2,4,10-14,16H,3,5-9H2,1H3,(H,17,18). The molecule has 3 nitrogen and oxygen atoms in total. The van der Waals surface area contributed by atoms with Crippen LogP contribution in [0.15, 0.2) is 12.2 Å². The average Bonchev–Trinajstić information content (AvgIpc) is 2.36. The van der Waals surface area contributed by atoms with Gasteiger partial charge in [0.25, 0.3) is 0 Å². The van der Waals surface area contributed by atoms with Gasteiger partial charge in [0.2, 0.25) is 0 Å². The van der Waals surface area contributed by atoms with E-state index in [2.05, 4.69) is 19.1 Å². The van der Waals surface area contributed by atoms with E-state index in [0.29, 0.717) is 36.2 Å². The van der Waals surface area contributed by atoms with Gasteiger partial charge in [-0.05, 0) is 55.3 Å². The van der Waals surface area contributed by atoms with Gasteiger partial charge in [0.15, 0.2) is 0 Å². The first-order valence-corrected chi connectivity index (χ1v) is 7.12. The van der Waals surface area contributed by atoms with Crippen molar-refractivity contribution in [3.63, 3.8) is 0 Å². The molecule has 0 amide bonds. The lowest BCUT2D eigenvalue weighted by molar-refractivity contribution is -0.137. The summed E-state index contributed by atoms with van der Waals surface area (Å²) in [7, 11) is 0. The molecule has 0 aliphatic heterocycles. The molecule has 0 spiro atoms. The largest absolute Gasteiger partial charge is 0.481 e. The number of fused-ring (bicyclic) bond motifs is 1. The van der Waals surface area contributed by atoms with Gasteiger partial charge >= 0.3 is 5.97 Å². The third-order valence-corrected chi connectivity index (χ3v) is 4.90. The molecule has 0 saturated heterocycles. The summed E-state index contributed by atoms with van der Waals surface area (Å²) in [6, 6.07) is 0. The number of aliphatic hydroxyl groups excluding tert-OH is 1. The maximum atomic E-state index is 10.8. The Kier molecular flexibility index (Phi) is 4.44. The van der Waals surface area contributed by atoms with Crippen LogP contribution in [0.1, 0.15) is 39.0 Å². The molecule has 0 aromatic rings. The van der Waals surface area contributed by atoms with Crippen molar-refractivity contribution in [3.05, 3.63) is 12.2 Å². The van der Waals surface area contributed by atoms with Crippen molar-refractivity contribution < 1.29 is 15.0 Å². The molecule has 0 aromatic heterocycles. The van der Waals surface area contributed by atoms with Gasteiger partial charge in [-0.3, -0.25) is 4.79 Å². The van der Waals surface area contributed by atoms with E-state index >= 15 is 0 Å². The fourth-order valence-electron chi connectivity index (χ4n) is 3.86. The highest BCUT2D eigenvalue weighted by Gasteiger charge is 2.38. The molecule has 2 aliphatic rings. The molecule has 0 bridgehead atoms. The number of carbonyl (C=O) groups is 1. The van der Waals surface area contributed by atoms with Crippen molar-refractivity contribution >= 4 is 5.97 Å². The molecule has 5 atom stereocenters. The van der Waals surface area contributed by atoms with Gasteiger partial charge in [-0.25, -0.2) is 0 Å². The second-order valence-corrected chi connectivity index (χ2v) is 6.03. The third-order valence-electron chi connectivity index (χ3n) is 4.90. The van der Waals surface area contributed by atoms with Gasteiger partial charge < -0.3 is 10.2 Å². The van der Waals surface area contributed by atoms with E-state index in [1.165, 1.54) is 0 Å². The van der Waals surface area contributed by atoms with Crippen LogP contribution < -0.4 is 0 Å². The smallest absolute Gasteiger partial charge is 0.303 e. The lowest BCUT2D eigenvalue weighted by Gasteiger charge is -2.43. The fraction of sp³-hybridized carbons (Fsp3) is 0.800. The van der Waals surface area contributed by atoms with Crippen molar-refractivity contribution in [2.45, 2.75) is 39.0 Å². The number of aliphatic hydroxyl groups is 1. The highest BCUT2D eigenvalue weighted by Crippen LogP contribution is 2.46. The highest BCUT2D eigenvalue weighted by molar-refractivity contribution is 5.66. The monoisotopic (exact) mass is 252 g/mol. The van der Waals surface area contributed by atoms with E-state index in [4.69, 9.17) is 5.11 Å². The van der Waals surface area contributed by atoms with Crippen molar-refractivity contribution in [1.29, 1.82) is 0 Å². The summed E-state index contributed by atoms with van der Waals surface area (Å²) in [5, 5.41) is 18.1.